The van der Waals surface area contributed by atoms with Crippen molar-refractivity contribution in [3.05, 3.63) is 0 Å². The molecule has 0 aliphatic heterocycles. The van der Waals surface area contributed by atoms with E-state index in [9.17, 15) is 4.79 Å². The van der Waals surface area contributed by atoms with Crippen molar-refractivity contribution in [1.29, 1.82) is 0 Å². The molecule has 0 radical (unpaired) electrons. The first-order valence-corrected chi connectivity index (χ1v) is 5.43. The third-order valence-electron chi connectivity index (χ3n) is 3.30. The molecule has 2 saturated carbocycles. The molecule has 74 valence electrons. The average Bonchev–Trinajstić information content (AvgIpc) is 2.97. The minimum absolute atomic E-state index is 0.0581. The molecule has 0 unspecified atom stereocenters. The van der Waals surface area contributed by atoms with Gasteiger partial charge in [0.2, 0.25) is 0 Å². The molecule has 0 spiro atoms. The zero-order valence-corrected chi connectivity index (χ0v) is 8.13. The summed E-state index contributed by atoms with van der Waals surface area (Å²) < 4.78 is 5.77. The van der Waals surface area contributed by atoms with Crippen LogP contribution in [0.2, 0.25) is 0 Å². The van der Waals surface area contributed by atoms with E-state index < -0.39 is 0 Å². The predicted octanol–water partition coefficient (Wildman–Crippen LogP) is 2.31. The zero-order valence-electron chi connectivity index (χ0n) is 8.13. The van der Waals surface area contributed by atoms with Crippen LogP contribution in [0.3, 0.4) is 0 Å². The highest BCUT2D eigenvalue weighted by Crippen LogP contribution is 2.44. The van der Waals surface area contributed by atoms with E-state index in [0.717, 1.165) is 19.1 Å². The number of carbonyl (C=O) groups excluding carboxylic acids is 1. The lowest BCUT2D eigenvalue weighted by molar-refractivity contribution is -0.115. The van der Waals surface area contributed by atoms with E-state index in [1.54, 1.807) is 0 Å². The second-order valence-corrected chi connectivity index (χ2v) is 4.55. The minimum Gasteiger partial charge on any atom is -0.377 e. The quantitative estimate of drug-likeness (QED) is 0.624. The van der Waals surface area contributed by atoms with Gasteiger partial charge in [0.1, 0.15) is 6.29 Å². The van der Waals surface area contributed by atoms with Crippen LogP contribution in [0.1, 0.15) is 44.9 Å². The molecule has 0 heterocycles. The second-order valence-electron chi connectivity index (χ2n) is 4.55. The molecule has 0 atom stereocenters. The molecule has 0 saturated heterocycles. The molecule has 0 N–H and O–H groups in total. The van der Waals surface area contributed by atoms with Gasteiger partial charge in [-0.15, -0.1) is 0 Å². The predicted molar refractivity (Wildman–Crippen MR) is 50.6 cm³/mol. The monoisotopic (exact) mass is 182 g/mol. The Hall–Kier alpha value is -0.370. The largest absolute Gasteiger partial charge is 0.377 e. The molecule has 0 bridgehead atoms. The smallest absolute Gasteiger partial charge is 0.128 e. The third kappa shape index (κ3) is 2.31. The Balaban J connectivity index is 1.69. The van der Waals surface area contributed by atoms with E-state index in [2.05, 4.69) is 0 Å². The maximum absolute atomic E-state index is 10.7. The molecule has 2 fully saturated rings. The lowest BCUT2D eigenvalue weighted by atomic mass is 9.97. The zero-order chi connectivity index (χ0) is 9.15. The summed E-state index contributed by atoms with van der Waals surface area (Å²) in [6.45, 7) is 0.682. The number of hydrogen-bond donors (Lipinski definition) is 0. The fraction of sp³-hybridized carbons (Fsp3) is 0.909. The highest BCUT2D eigenvalue weighted by Gasteiger charge is 2.43. The van der Waals surface area contributed by atoms with Crippen molar-refractivity contribution in [3.8, 4) is 0 Å². The summed E-state index contributed by atoms with van der Waals surface area (Å²) in [5.74, 6) is 0. The van der Waals surface area contributed by atoms with E-state index in [4.69, 9.17) is 4.74 Å². The van der Waals surface area contributed by atoms with Gasteiger partial charge in [-0.3, -0.25) is 0 Å². The summed E-state index contributed by atoms with van der Waals surface area (Å²) in [6.07, 6.45) is 10.0. The van der Waals surface area contributed by atoms with Gasteiger partial charge in [-0.25, -0.2) is 0 Å². The van der Waals surface area contributed by atoms with Gasteiger partial charge in [-0.1, -0.05) is 19.3 Å². The van der Waals surface area contributed by atoms with Crippen molar-refractivity contribution in [3.63, 3.8) is 0 Å². The SMILES string of the molecule is O=CC1(COC2CCCCC2)CC1. The Morgan fingerprint density at radius 3 is 2.46 bits per heavy atom. The Labute approximate surface area is 79.7 Å². The Morgan fingerprint density at radius 2 is 1.92 bits per heavy atom. The van der Waals surface area contributed by atoms with Crippen LogP contribution in [0.5, 0.6) is 0 Å². The Morgan fingerprint density at radius 1 is 1.23 bits per heavy atom. The maximum atomic E-state index is 10.7. The summed E-state index contributed by atoms with van der Waals surface area (Å²) in [5.41, 5.74) is -0.0581. The van der Waals surface area contributed by atoms with Crippen molar-refractivity contribution in [2.75, 3.05) is 6.61 Å². The van der Waals surface area contributed by atoms with E-state index in [0.29, 0.717) is 12.7 Å². The standard InChI is InChI=1S/C11H18O2/c12-8-11(6-7-11)9-13-10-4-2-1-3-5-10/h8,10H,1-7,9H2. The van der Waals surface area contributed by atoms with E-state index >= 15 is 0 Å². The number of aldehydes is 1. The fourth-order valence-electron chi connectivity index (χ4n) is 1.97. The molecule has 0 amide bonds. The van der Waals surface area contributed by atoms with Crippen LogP contribution in [0.15, 0.2) is 0 Å². The highest BCUT2D eigenvalue weighted by atomic mass is 16.5. The summed E-state index contributed by atoms with van der Waals surface area (Å²) in [6, 6.07) is 0. The number of hydrogen-bond acceptors (Lipinski definition) is 2. The second kappa shape index (κ2) is 3.79. The summed E-state index contributed by atoms with van der Waals surface area (Å²) in [5, 5.41) is 0. The molecular weight excluding hydrogens is 164 g/mol. The summed E-state index contributed by atoms with van der Waals surface area (Å²) in [7, 11) is 0. The van der Waals surface area contributed by atoms with Crippen molar-refractivity contribution in [2.24, 2.45) is 5.41 Å². The van der Waals surface area contributed by atoms with Crippen LogP contribution < -0.4 is 0 Å². The van der Waals surface area contributed by atoms with Gasteiger partial charge in [0.05, 0.1) is 12.7 Å². The molecule has 13 heavy (non-hydrogen) atoms. The summed E-state index contributed by atoms with van der Waals surface area (Å²) in [4.78, 5) is 10.7. The van der Waals surface area contributed by atoms with Crippen LogP contribution in [-0.2, 0) is 9.53 Å². The lowest BCUT2D eigenvalue weighted by Gasteiger charge is -2.23. The average molecular weight is 182 g/mol. The first-order chi connectivity index (χ1) is 6.35. The van der Waals surface area contributed by atoms with Crippen LogP contribution in [0.25, 0.3) is 0 Å². The first kappa shape index (κ1) is 9.20. The minimum atomic E-state index is -0.0581. The van der Waals surface area contributed by atoms with Crippen molar-refractivity contribution in [2.45, 2.75) is 51.0 Å². The van der Waals surface area contributed by atoms with Gasteiger partial charge < -0.3 is 9.53 Å². The van der Waals surface area contributed by atoms with E-state index in [1.165, 1.54) is 32.1 Å². The van der Waals surface area contributed by atoms with Gasteiger partial charge in [-0.2, -0.15) is 0 Å². The van der Waals surface area contributed by atoms with Crippen LogP contribution in [0.4, 0.5) is 0 Å². The van der Waals surface area contributed by atoms with Gasteiger partial charge >= 0.3 is 0 Å². The molecule has 0 aromatic heterocycles. The Bertz CT molecular complexity index is 179. The first-order valence-electron chi connectivity index (χ1n) is 5.43. The van der Waals surface area contributed by atoms with Crippen molar-refractivity contribution >= 4 is 6.29 Å². The number of rotatable bonds is 4. The van der Waals surface area contributed by atoms with E-state index in [1.807, 2.05) is 0 Å². The molecule has 2 aliphatic rings. The highest BCUT2D eigenvalue weighted by molar-refractivity contribution is 5.63. The molecule has 0 aromatic rings. The lowest BCUT2D eigenvalue weighted by Crippen LogP contribution is -2.22. The van der Waals surface area contributed by atoms with Crippen molar-refractivity contribution in [1.82, 2.24) is 0 Å². The van der Waals surface area contributed by atoms with Gasteiger partial charge in [0.25, 0.3) is 0 Å². The molecular formula is C11H18O2. The molecule has 2 heteroatoms. The Kier molecular flexibility index (Phi) is 2.68. The third-order valence-corrected chi connectivity index (χ3v) is 3.30. The van der Waals surface area contributed by atoms with Crippen LogP contribution in [0, 0.1) is 5.41 Å². The molecule has 2 aliphatic carbocycles. The van der Waals surface area contributed by atoms with Gasteiger partial charge in [0, 0.05) is 5.41 Å². The molecule has 2 rings (SSSR count). The fourth-order valence-corrected chi connectivity index (χ4v) is 1.97. The summed E-state index contributed by atoms with van der Waals surface area (Å²) >= 11 is 0. The van der Waals surface area contributed by atoms with Crippen LogP contribution >= 0.6 is 0 Å². The van der Waals surface area contributed by atoms with Crippen LogP contribution in [-0.4, -0.2) is 19.0 Å². The maximum Gasteiger partial charge on any atom is 0.128 e. The number of carbonyl (C=O) groups is 1. The molecule has 0 aromatic carbocycles. The van der Waals surface area contributed by atoms with E-state index in [-0.39, 0.29) is 5.41 Å². The number of ether oxygens (including phenoxy) is 1. The van der Waals surface area contributed by atoms with Gasteiger partial charge in [-0.05, 0) is 25.7 Å². The normalized spacial score (nSPS) is 27.1. The topological polar surface area (TPSA) is 26.3 Å². The van der Waals surface area contributed by atoms with Gasteiger partial charge in [0.15, 0.2) is 0 Å². The molecule has 2 nitrogen and oxygen atoms in total. The van der Waals surface area contributed by atoms with Crippen molar-refractivity contribution < 1.29 is 9.53 Å².